The summed E-state index contributed by atoms with van der Waals surface area (Å²) in [7, 11) is 3.32. The summed E-state index contributed by atoms with van der Waals surface area (Å²) in [5, 5.41) is 3.03. The van der Waals surface area contributed by atoms with E-state index in [1.54, 1.807) is 14.2 Å². The Kier molecular flexibility index (Phi) is 4.87. The van der Waals surface area contributed by atoms with Crippen LogP contribution in [-0.4, -0.2) is 45.5 Å². The average Bonchev–Trinajstić information content (AvgIpc) is 3.06. The SMILES string of the molecule is COc1cc2c(cc1C(=O)NCC1(OC)CCOCC1)CCC2. The Labute approximate surface area is 137 Å². The first-order valence-electron chi connectivity index (χ1n) is 8.28. The average molecular weight is 319 g/mol. The molecule has 1 amide bonds. The molecule has 126 valence electrons. The van der Waals surface area contributed by atoms with Gasteiger partial charge >= 0.3 is 0 Å². The van der Waals surface area contributed by atoms with Gasteiger partial charge in [-0.15, -0.1) is 0 Å². The van der Waals surface area contributed by atoms with Crippen LogP contribution >= 0.6 is 0 Å². The van der Waals surface area contributed by atoms with E-state index in [0.717, 1.165) is 32.1 Å². The maximum Gasteiger partial charge on any atom is 0.255 e. The molecule has 1 fully saturated rings. The lowest BCUT2D eigenvalue weighted by atomic mass is 9.93. The second kappa shape index (κ2) is 6.89. The predicted octanol–water partition coefficient (Wildman–Crippen LogP) is 2.11. The summed E-state index contributed by atoms with van der Waals surface area (Å²) in [4.78, 5) is 12.6. The molecule has 0 bridgehead atoms. The maximum absolute atomic E-state index is 12.6. The van der Waals surface area contributed by atoms with Crippen molar-refractivity contribution in [1.82, 2.24) is 5.32 Å². The molecule has 1 N–H and O–H groups in total. The third-order valence-electron chi connectivity index (χ3n) is 5.07. The Morgan fingerprint density at radius 2 is 1.91 bits per heavy atom. The Hall–Kier alpha value is -1.59. The van der Waals surface area contributed by atoms with Crippen LogP contribution < -0.4 is 10.1 Å². The van der Waals surface area contributed by atoms with Crippen LogP contribution in [0.15, 0.2) is 12.1 Å². The van der Waals surface area contributed by atoms with Crippen LogP contribution in [0, 0.1) is 0 Å². The van der Waals surface area contributed by atoms with Gasteiger partial charge in [0.15, 0.2) is 0 Å². The quantitative estimate of drug-likeness (QED) is 0.903. The van der Waals surface area contributed by atoms with Gasteiger partial charge in [-0.05, 0) is 42.5 Å². The first-order valence-corrected chi connectivity index (χ1v) is 8.28. The fourth-order valence-electron chi connectivity index (χ4n) is 3.48. The van der Waals surface area contributed by atoms with Gasteiger partial charge in [0.1, 0.15) is 5.75 Å². The fourth-order valence-corrected chi connectivity index (χ4v) is 3.48. The number of carbonyl (C=O) groups excluding carboxylic acids is 1. The smallest absolute Gasteiger partial charge is 0.255 e. The molecule has 1 aromatic carbocycles. The van der Waals surface area contributed by atoms with Crippen molar-refractivity contribution >= 4 is 5.91 Å². The zero-order chi connectivity index (χ0) is 16.3. The van der Waals surface area contributed by atoms with E-state index in [1.807, 2.05) is 12.1 Å². The molecule has 1 saturated heterocycles. The van der Waals surface area contributed by atoms with Crippen LogP contribution in [0.1, 0.15) is 40.7 Å². The standard InChI is InChI=1S/C18H25NO4/c1-21-16-11-14-5-3-4-13(14)10-15(16)17(20)19-12-18(22-2)6-8-23-9-7-18/h10-11H,3-9,12H2,1-2H3,(H,19,20). The summed E-state index contributed by atoms with van der Waals surface area (Å²) in [6, 6.07) is 4.00. The van der Waals surface area contributed by atoms with Gasteiger partial charge in [-0.2, -0.15) is 0 Å². The number of nitrogens with one attached hydrogen (secondary N) is 1. The highest BCUT2D eigenvalue weighted by Crippen LogP contribution is 2.30. The third kappa shape index (κ3) is 3.35. The van der Waals surface area contributed by atoms with E-state index in [2.05, 4.69) is 5.32 Å². The Morgan fingerprint density at radius 1 is 1.22 bits per heavy atom. The van der Waals surface area contributed by atoms with Gasteiger partial charge < -0.3 is 19.5 Å². The minimum atomic E-state index is -0.322. The molecule has 5 nitrogen and oxygen atoms in total. The number of benzene rings is 1. The van der Waals surface area contributed by atoms with Crippen LogP contribution in [0.25, 0.3) is 0 Å². The predicted molar refractivity (Wildman–Crippen MR) is 87.1 cm³/mol. The summed E-state index contributed by atoms with van der Waals surface area (Å²) in [5.74, 6) is 0.557. The molecular weight excluding hydrogens is 294 g/mol. The Bertz CT molecular complexity index is 579. The lowest BCUT2D eigenvalue weighted by Crippen LogP contribution is -2.48. The molecule has 1 aromatic rings. The molecule has 5 heteroatoms. The van der Waals surface area contributed by atoms with Gasteiger partial charge in [0.05, 0.1) is 18.3 Å². The third-order valence-corrected chi connectivity index (χ3v) is 5.07. The van der Waals surface area contributed by atoms with E-state index in [1.165, 1.54) is 11.1 Å². The highest BCUT2D eigenvalue weighted by atomic mass is 16.5. The second-order valence-corrected chi connectivity index (χ2v) is 6.36. The van der Waals surface area contributed by atoms with Gasteiger partial charge in [-0.1, -0.05) is 0 Å². The summed E-state index contributed by atoms with van der Waals surface area (Å²) < 4.78 is 16.5. The lowest BCUT2D eigenvalue weighted by molar-refractivity contribution is -0.0864. The van der Waals surface area contributed by atoms with Gasteiger partial charge in [-0.25, -0.2) is 0 Å². The van der Waals surface area contributed by atoms with Crippen LogP contribution in [-0.2, 0) is 22.3 Å². The number of carbonyl (C=O) groups is 1. The molecule has 23 heavy (non-hydrogen) atoms. The number of hydrogen-bond donors (Lipinski definition) is 1. The molecule has 1 aliphatic carbocycles. The van der Waals surface area contributed by atoms with Crippen molar-refractivity contribution in [2.75, 3.05) is 34.0 Å². The van der Waals surface area contributed by atoms with Gasteiger partial charge in [-0.3, -0.25) is 4.79 Å². The van der Waals surface area contributed by atoms with Crippen molar-refractivity contribution in [2.24, 2.45) is 0 Å². The van der Waals surface area contributed by atoms with Crippen molar-refractivity contribution in [3.8, 4) is 5.75 Å². The van der Waals surface area contributed by atoms with Gasteiger partial charge in [0, 0.05) is 39.7 Å². The number of hydrogen-bond acceptors (Lipinski definition) is 4. The zero-order valence-corrected chi connectivity index (χ0v) is 13.9. The topological polar surface area (TPSA) is 56.8 Å². The van der Waals surface area contributed by atoms with Gasteiger partial charge in [0.2, 0.25) is 0 Å². The summed E-state index contributed by atoms with van der Waals surface area (Å²) in [6.45, 7) is 1.84. The van der Waals surface area contributed by atoms with Crippen molar-refractivity contribution in [2.45, 2.75) is 37.7 Å². The number of methoxy groups -OCH3 is 2. The van der Waals surface area contributed by atoms with E-state index in [-0.39, 0.29) is 11.5 Å². The maximum atomic E-state index is 12.6. The minimum Gasteiger partial charge on any atom is -0.496 e. The number of aryl methyl sites for hydroxylation is 2. The van der Waals surface area contributed by atoms with Crippen molar-refractivity contribution < 1.29 is 19.0 Å². The summed E-state index contributed by atoms with van der Waals surface area (Å²) in [5.41, 5.74) is 2.86. The lowest BCUT2D eigenvalue weighted by Gasteiger charge is -2.36. The minimum absolute atomic E-state index is 0.0977. The Balaban J connectivity index is 1.73. The number of rotatable bonds is 5. The second-order valence-electron chi connectivity index (χ2n) is 6.36. The van der Waals surface area contributed by atoms with Crippen LogP contribution in [0.5, 0.6) is 5.75 Å². The van der Waals surface area contributed by atoms with Crippen LogP contribution in [0.4, 0.5) is 0 Å². The fraction of sp³-hybridized carbons (Fsp3) is 0.611. The van der Waals surface area contributed by atoms with Crippen LogP contribution in [0.2, 0.25) is 0 Å². The molecule has 0 radical (unpaired) electrons. The highest BCUT2D eigenvalue weighted by Gasteiger charge is 2.33. The molecule has 1 heterocycles. The van der Waals surface area contributed by atoms with E-state index in [4.69, 9.17) is 14.2 Å². The first-order chi connectivity index (χ1) is 11.2. The van der Waals surface area contributed by atoms with E-state index < -0.39 is 0 Å². The van der Waals surface area contributed by atoms with E-state index >= 15 is 0 Å². The molecule has 0 saturated carbocycles. The summed E-state index contributed by atoms with van der Waals surface area (Å²) >= 11 is 0. The van der Waals surface area contributed by atoms with Crippen LogP contribution in [0.3, 0.4) is 0 Å². The van der Waals surface area contributed by atoms with Crippen molar-refractivity contribution in [3.63, 3.8) is 0 Å². The normalized spacial score (nSPS) is 19.2. The van der Waals surface area contributed by atoms with E-state index in [9.17, 15) is 4.79 Å². The largest absolute Gasteiger partial charge is 0.496 e. The highest BCUT2D eigenvalue weighted by molar-refractivity contribution is 5.97. The molecule has 0 atom stereocenters. The molecule has 2 aliphatic rings. The Morgan fingerprint density at radius 3 is 2.57 bits per heavy atom. The molecule has 0 spiro atoms. The molecule has 0 aromatic heterocycles. The summed E-state index contributed by atoms with van der Waals surface area (Å²) in [6.07, 6.45) is 4.85. The van der Waals surface area contributed by atoms with Gasteiger partial charge in [0.25, 0.3) is 5.91 Å². The number of amides is 1. The van der Waals surface area contributed by atoms with E-state index in [0.29, 0.717) is 31.1 Å². The molecular formula is C18H25NO4. The zero-order valence-electron chi connectivity index (χ0n) is 13.9. The number of fused-ring (bicyclic) bond motifs is 1. The molecule has 3 rings (SSSR count). The van der Waals surface area contributed by atoms with Crippen molar-refractivity contribution in [3.05, 3.63) is 28.8 Å². The monoisotopic (exact) mass is 319 g/mol. The first kappa shape index (κ1) is 16.3. The molecule has 0 unspecified atom stereocenters. The molecule has 1 aliphatic heterocycles. The number of ether oxygens (including phenoxy) is 3. The van der Waals surface area contributed by atoms with Crippen molar-refractivity contribution in [1.29, 1.82) is 0 Å².